The standard InChI is InChI=1S/C11H16N2O3/c1-4-5-8(12-16)10-9(14)6-7(2)13(3)11(10)15/h6,14,16H,4-5H2,1-3H3/b12-8-. The topological polar surface area (TPSA) is 74.8 Å². The van der Waals surface area contributed by atoms with E-state index in [1.54, 1.807) is 14.0 Å². The number of hydrogen-bond donors (Lipinski definition) is 2. The third-order valence-corrected chi connectivity index (χ3v) is 2.55. The zero-order chi connectivity index (χ0) is 12.3. The summed E-state index contributed by atoms with van der Waals surface area (Å²) >= 11 is 0. The first-order chi connectivity index (χ1) is 7.52. The lowest BCUT2D eigenvalue weighted by molar-refractivity contribution is 0.317. The molecule has 1 aromatic rings. The van der Waals surface area contributed by atoms with Crippen LogP contribution in [0.25, 0.3) is 0 Å². The third-order valence-electron chi connectivity index (χ3n) is 2.55. The molecule has 1 heterocycles. The van der Waals surface area contributed by atoms with Gasteiger partial charge in [0, 0.05) is 18.8 Å². The summed E-state index contributed by atoms with van der Waals surface area (Å²) in [6, 6.07) is 1.48. The molecule has 0 aliphatic rings. The Kier molecular flexibility index (Phi) is 3.71. The number of aryl methyl sites for hydroxylation is 1. The molecule has 0 atom stereocenters. The van der Waals surface area contributed by atoms with Gasteiger partial charge in [-0.25, -0.2) is 0 Å². The van der Waals surface area contributed by atoms with Crippen molar-refractivity contribution in [2.24, 2.45) is 12.2 Å². The van der Waals surface area contributed by atoms with Crippen molar-refractivity contribution < 1.29 is 10.3 Å². The van der Waals surface area contributed by atoms with Crippen LogP contribution in [-0.2, 0) is 7.05 Å². The van der Waals surface area contributed by atoms with Crippen LogP contribution < -0.4 is 5.56 Å². The van der Waals surface area contributed by atoms with Crippen LogP contribution in [0.5, 0.6) is 5.75 Å². The van der Waals surface area contributed by atoms with E-state index >= 15 is 0 Å². The number of oxime groups is 1. The van der Waals surface area contributed by atoms with Gasteiger partial charge in [0.05, 0.1) is 5.71 Å². The summed E-state index contributed by atoms with van der Waals surface area (Å²) in [4.78, 5) is 11.9. The quantitative estimate of drug-likeness (QED) is 0.462. The maximum Gasteiger partial charge on any atom is 0.263 e. The van der Waals surface area contributed by atoms with Gasteiger partial charge in [0.2, 0.25) is 0 Å². The molecule has 0 aromatic carbocycles. The molecule has 5 nitrogen and oxygen atoms in total. The minimum Gasteiger partial charge on any atom is -0.507 e. The van der Waals surface area contributed by atoms with Gasteiger partial charge in [-0.3, -0.25) is 4.79 Å². The Hall–Kier alpha value is -1.78. The van der Waals surface area contributed by atoms with E-state index in [0.29, 0.717) is 12.1 Å². The summed E-state index contributed by atoms with van der Waals surface area (Å²) in [5.41, 5.74) is 0.608. The average molecular weight is 224 g/mol. The Morgan fingerprint density at radius 3 is 2.69 bits per heavy atom. The molecule has 2 N–H and O–H groups in total. The molecule has 0 aliphatic carbocycles. The Labute approximate surface area is 93.7 Å². The van der Waals surface area contributed by atoms with E-state index in [2.05, 4.69) is 5.16 Å². The van der Waals surface area contributed by atoms with Crippen molar-refractivity contribution in [1.82, 2.24) is 4.57 Å². The molecular formula is C11H16N2O3. The lowest BCUT2D eigenvalue weighted by atomic mass is 10.1. The Morgan fingerprint density at radius 1 is 1.56 bits per heavy atom. The predicted octanol–water partition coefficient (Wildman–Crippen LogP) is 1.38. The highest BCUT2D eigenvalue weighted by atomic mass is 16.4. The molecule has 0 bridgehead atoms. The molecule has 5 heteroatoms. The fourth-order valence-electron chi connectivity index (χ4n) is 1.54. The normalized spacial score (nSPS) is 11.8. The van der Waals surface area contributed by atoms with Gasteiger partial charge in [0.15, 0.2) is 0 Å². The van der Waals surface area contributed by atoms with Crippen LogP contribution in [0, 0.1) is 6.92 Å². The molecule has 0 saturated carbocycles. The third kappa shape index (κ3) is 2.08. The van der Waals surface area contributed by atoms with Crippen LogP contribution in [0.2, 0.25) is 0 Å². The molecule has 0 amide bonds. The first-order valence-corrected chi connectivity index (χ1v) is 5.13. The van der Waals surface area contributed by atoms with Gasteiger partial charge in [-0.15, -0.1) is 0 Å². The van der Waals surface area contributed by atoms with Crippen LogP contribution in [0.3, 0.4) is 0 Å². The molecular weight excluding hydrogens is 208 g/mol. The molecule has 0 saturated heterocycles. The monoisotopic (exact) mass is 224 g/mol. The van der Waals surface area contributed by atoms with Gasteiger partial charge in [-0.1, -0.05) is 18.5 Å². The lowest BCUT2D eigenvalue weighted by Gasteiger charge is -2.09. The fraction of sp³-hybridized carbons (Fsp3) is 0.455. The van der Waals surface area contributed by atoms with E-state index in [0.717, 1.165) is 6.42 Å². The summed E-state index contributed by atoms with van der Waals surface area (Å²) in [5, 5.41) is 21.7. The van der Waals surface area contributed by atoms with Gasteiger partial charge >= 0.3 is 0 Å². The summed E-state index contributed by atoms with van der Waals surface area (Å²) in [6.07, 6.45) is 1.18. The summed E-state index contributed by atoms with van der Waals surface area (Å²) < 4.78 is 1.41. The van der Waals surface area contributed by atoms with E-state index in [9.17, 15) is 9.90 Å². The van der Waals surface area contributed by atoms with Crippen molar-refractivity contribution in [2.45, 2.75) is 26.7 Å². The van der Waals surface area contributed by atoms with E-state index in [1.165, 1.54) is 10.6 Å². The fourth-order valence-corrected chi connectivity index (χ4v) is 1.54. The molecule has 0 aliphatic heterocycles. The highest BCUT2D eigenvalue weighted by molar-refractivity contribution is 6.02. The summed E-state index contributed by atoms with van der Waals surface area (Å²) in [5.74, 6) is -0.137. The van der Waals surface area contributed by atoms with Gasteiger partial charge in [-0.2, -0.15) is 0 Å². The Bertz CT molecular complexity index is 475. The van der Waals surface area contributed by atoms with Crippen molar-refractivity contribution in [1.29, 1.82) is 0 Å². The molecule has 1 rings (SSSR count). The van der Waals surface area contributed by atoms with Crippen molar-refractivity contribution in [3.05, 3.63) is 27.7 Å². The molecule has 0 unspecified atom stereocenters. The largest absolute Gasteiger partial charge is 0.507 e. The first kappa shape index (κ1) is 12.3. The SMILES string of the molecule is CCC/C(=N/O)c1c(O)cc(C)n(C)c1=O. The van der Waals surface area contributed by atoms with Gasteiger partial charge in [0.1, 0.15) is 11.3 Å². The van der Waals surface area contributed by atoms with Crippen LogP contribution in [0.1, 0.15) is 31.0 Å². The average Bonchev–Trinajstić information content (AvgIpc) is 2.25. The van der Waals surface area contributed by atoms with Crippen molar-refractivity contribution in [3.8, 4) is 5.75 Å². The number of aromatic hydroxyl groups is 1. The van der Waals surface area contributed by atoms with Crippen LogP contribution in [-0.4, -0.2) is 20.6 Å². The van der Waals surface area contributed by atoms with Crippen LogP contribution >= 0.6 is 0 Å². The number of aromatic nitrogens is 1. The summed E-state index contributed by atoms with van der Waals surface area (Å²) in [7, 11) is 1.61. The predicted molar refractivity (Wildman–Crippen MR) is 61.3 cm³/mol. The zero-order valence-electron chi connectivity index (χ0n) is 9.69. The maximum absolute atomic E-state index is 11.9. The molecule has 0 radical (unpaired) electrons. The Morgan fingerprint density at radius 2 is 2.19 bits per heavy atom. The molecule has 0 fully saturated rings. The van der Waals surface area contributed by atoms with Gasteiger partial charge < -0.3 is 14.9 Å². The molecule has 0 spiro atoms. The minimum absolute atomic E-state index is 0.0810. The number of rotatable bonds is 3. The highest BCUT2D eigenvalue weighted by Crippen LogP contribution is 2.17. The number of nitrogens with zero attached hydrogens (tertiary/aromatic N) is 2. The van der Waals surface area contributed by atoms with Crippen molar-refractivity contribution >= 4 is 5.71 Å². The van der Waals surface area contributed by atoms with Gasteiger partial charge in [-0.05, 0) is 13.3 Å². The second kappa shape index (κ2) is 4.83. The van der Waals surface area contributed by atoms with Crippen molar-refractivity contribution in [2.75, 3.05) is 0 Å². The number of hydrogen-bond acceptors (Lipinski definition) is 4. The van der Waals surface area contributed by atoms with E-state index in [1.807, 2.05) is 6.92 Å². The van der Waals surface area contributed by atoms with Gasteiger partial charge in [0.25, 0.3) is 5.56 Å². The minimum atomic E-state index is -0.348. The lowest BCUT2D eigenvalue weighted by Crippen LogP contribution is -2.26. The summed E-state index contributed by atoms with van der Waals surface area (Å²) in [6.45, 7) is 3.63. The smallest absolute Gasteiger partial charge is 0.263 e. The number of pyridine rings is 1. The second-order valence-corrected chi connectivity index (χ2v) is 3.71. The molecule has 88 valence electrons. The molecule has 1 aromatic heterocycles. The van der Waals surface area contributed by atoms with E-state index in [4.69, 9.17) is 5.21 Å². The Balaban J connectivity index is 3.45. The maximum atomic E-state index is 11.9. The van der Waals surface area contributed by atoms with E-state index in [-0.39, 0.29) is 22.6 Å². The second-order valence-electron chi connectivity index (χ2n) is 3.71. The molecule has 16 heavy (non-hydrogen) atoms. The van der Waals surface area contributed by atoms with E-state index < -0.39 is 0 Å². The van der Waals surface area contributed by atoms with Crippen molar-refractivity contribution in [3.63, 3.8) is 0 Å². The van der Waals surface area contributed by atoms with Crippen LogP contribution in [0.4, 0.5) is 0 Å². The first-order valence-electron chi connectivity index (χ1n) is 5.13. The van der Waals surface area contributed by atoms with Crippen LogP contribution in [0.15, 0.2) is 16.0 Å². The highest BCUT2D eigenvalue weighted by Gasteiger charge is 2.16. The zero-order valence-corrected chi connectivity index (χ0v) is 9.69.